The van der Waals surface area contributed by atoms with Crippen molar-refractivity contribution in [2.75, 3.05) is 10.6 Å². The van der Waals surface area contributed by atoms with Crippen LogP contribution in [0.25, 0.3) is 0 Å². The second-order valence-electron chi connectivity index (χ2n) is 5.90. The summed E-state index contributed by atoms with van der Waals surface area (Å²) >= 11 is 6.15. The third kappa shape index (κ3) is 5.02. The first kappa shape index (κ1) is 19.3. The molecule has 142 valence electrons. The van der Waals surface area contributed by atoms with Crippen LogP contribution >= 0.6 is 11.6 Å². The molecule has 0 aliphatic heterocycles. The molecule has 0 atom stereocenters. The molecule has 0 bridgehead atoms. The van der Waals surface area contributed by atoms with Gasteiger partial charge in [-0.3, -0.25) is 4.79 Å². The van der Waals surface area contributed by atoms with E-state index in [1.807, 2.05) is 18.2 Å². The van der Waals surface area contributed by atoms with Gasteiger partial charge in [0.05, 0.1) is 5.56 Å². The average Bonchev–Trinajstić information content (AvgIpc) is 2.69. The smallest absolute Gasteiger partial charge is 0.316 e. The lowest BCUT2D eigenvalue weighted by Gasteiger charge is -2.13. The molecule has 0 heterocycles. The van der Waals surface area contributed by atoms with Gasteiger partial charge in [-0.2, -0.15) is 0 Å². The number of hydrogen-bond acceptors (Lipinski definition) is 3. The molecule has 3 aromatic rings. The number of carbonyl (C=O) groups is 2. The molecular formula is C21H18ClN3O3. The van der Waals surface area contributed by atoms with Crippen molar-refractivity contribution in [2.24, 2.45) is 5.73 Å². The summed E-state index contributed by atoms with van der Waals surface area (Å²) < 4.78 is 5.82. The van der Waals surface area contributed by atoms with Gasteiger partial charge in [0.15, 0.2) is 0 Å². The van der Waals surface area contributed by atoms with E-state index in [0.717, 1.165) is 5.56 Å². The van der Waals surface area contributed by atoms with Crippen LogP contribution in [0.1, 0.15) is 15.9 Å². The van der Waals surface area contributed by atoms with Gasteiger partial charge in [0.25, 0.3) is 5.91 Å². The molecule has 0 saturated heterocycles. The number of ether oxygens (including phenoxy) is 1. The highest BCUT2D eigenvalue weighted by Gasteiger charge is 2.13. The Hall–Kier alpha value is -3.51. The number of amides is 3. The lowest BCUT2D eigenvalue weighted by Crippen LogP contribution is -2.19. The lowest BCUT2D eigenvalue weighted by molar-refractivity contribution is 0.102. The van der Waals surface area contributed by atoms with Crippen molar-refractivity contribution < 1.29 is 14.3 Å². The number of primary amides is 1. The zero-order chi connectivity index (χ0) is 19.9. The summed E-state index contributed by atoms with van der Waals surface area (Å²) in [7, 11) is 0. The third-order valence-electron chi connectivity index (χ3n) is 3.88. The second-order valence-corrected chi connectivity index (χ2v) is 6.30. The Labute approximate surface area is 167 Å². The highest BCUT2D eigenvalue weighted by molar-refractivity contribution is 6.31. The van der Waals surface area contributed by atoms with Gasteiger partial charge < -0.3 is 21.1 Å². The number of rotatable bonds is 6. The van der Waals surface area contributed by atoms with Crippen LogP contribution in [-0.4, -0.2) is 11.9 Å². The Morgan fingerprint density at radius 3 is 2.14 bits per heavy atom. The minimum absolute atomic E-state index is 0.247. The van der Waals surface area contributed by atoms with Crippen molar-refractivity contribution in [1.82, 2.24) is 0 Å². The monoisotopic (exact) mass is 395 g/mol. The minimum atomic E-state index is -0.651. The second kappa shape index (κ2) is 8.92. The van der Waals surface area contributed by atoms with E-state index < -0.39 is 6.03 Å². The van der Waals surface area contributed by atoms with E-state index in [1.54, 1.807) is 54.6 Å². The first-order chi connectivity index (χ1) is 13.5. The summed E-state index contributed by atoms with van der Waals surface area (Å²) in [6.07, 6.45) is 0. The molecule has 28 heavy (non-hydrogen) atoms. The predicted octanol–water partition coefficient (Wildman–Crippen LogP) is 4.66. The molecule has 6 nitrogen and oxygen atoms in total. The van der Waals surface area contributed by atoms with Crippen LogP contribution < -0.4 is 21.1 Å². The molecule has 0 aliphatic rings. The van der Waals surface area contributed by atoms with Gasteiger partial charge in [-0.25, -0.2) is 4.79 Å². The Morgan fingerprint density at radius 1 is 0.857 bits per heavy atom. The normalized spacial score (nSPS) is 10.2. The Kier molecular flexibility index (Phi) is 6.14. The molecule has 0 spiro atoms. The fourth-order valence-electron chi connectivity index (χ4n) is 2.53. The van der Waals surface area contributed by atoms with Crippen LogP contribution in [0.5, 0.6) is 5.75 Å². The number of halogens is 1. The molecular weight excluding hydrogens is 378 g/mol. The van der Waals surface area contributed by atoms with Gasteiger partial charge in [-0.15, -0.1) is 0 Å². The van der Waals surface area contributed by atoms with Crippen LogP contribution in [0.3, 0.4) is 0 Å². The van der Waals surface area contributed by atoms with Gasteiger partial charge in [-0.05, 0) is 42.5 Å². The summed E-state index contributed by atoms with van der Waals surface area (Å²) in [5.41, 5.74) is 7.41. The molecule has 3 amide bonds. The summed E-state index contributed by atoms with van der Waals surface area (Å²) in [5, 5.41) is 5.86. The number of carbonyl (C=O) groups excluding carboxylic acids is 2. The van der Waals surface area contributed by atoms with E-state index in [9.17, 15) is 9.59 Å². The van der Waals surface area contributed by atoms with Gasteiger partial charge in [0.2, 0.25) is 0 Å². The van der Waals surface area contributed by atoms with E-state index in [4.69, 9.17) is 22.1 Å². The van der Waals surface area contributed by atoms with Crippen LogP contribution in [0, 0.1) is 0 Å². The Morgan fingerprint density at radius 2 is 1.46 bits per heavy atom. The molecule has 0 saturated carbocycles. The van der Waals surface area contributed by atoms with E-state index >= 15 is 0 Å². The maximum atomic E-state index is 12.7. The van der Waals surface area contributed by atoms with Gasteiger partial charge >= 0.3 is 6.03 Å². The molecule has 0 aliphatic carbocycles. The first-order valence-electron chi connectivity index (χ1n) is 8.46. The van der Waals surface area contributed by atoms with Gasteiger partial charge in [0, 0.05) is 22.0 Å². The van der Waals surface area contributed by atoms with Crippen LogP contribution in [-0.2, 0) is 6.61 Å². The number of urea groups is 1. The SMILES string of the molecule is NC(=O)Nc1ccc(NC(=O)c2ccccc2OCc2ccccc2Cl)cc1. The van der Waals surface area contributed by atoms with Gasteiger partial charge in [0.1, 0.15) is 12.4 Å². The van der Waals surface area contributed by atoms with Crippen LogP contribution in [0.2, 0.25) is 5.02 Å². The van der Waals surface area contributed by atoms with Crippen molar-refractivity contribution in [3.05, 3.63) is 88.9 Å². The zero-order valence-corrected chi connectivity index (χ0v) is 15.6. The van der Waals surface area contributed by atoms with Crippen molar-refractivity contribution in [1.29, 1.82) is 0 Å². The van der Waals surface area contributed by atoms with E-state index in [2.05, 4.69) is 10.6 Å². The zero-order valence-electron chi connectivity index (χ0n) is 14.8. The van der Waals surface area contributed by atoms with Crippen molar-refractivity contribution in [2.45, 2.75) is 6.61 Å². The molecule has 0 radical (unpaired) electrons. The molecule has 0 unspecified atom stereocenters. The lowest BCUT2D eigenvalue weighted by atomic mass is 10.1. The summed E-state index contributed by atoms with van der Waals surface area (Å²) in [4.78, 5) is 23.5. The standard InChI is InChI=1S/C21H18ClN3O3/c22-18-7-3-1-5-14(18)13-28-19-8-4-2-6-17(19)20(26)24-15-9-11-16(12-10-15)25-21(23)27/h1-12H,13H2,(H,24,26)(H3,23,25,27). The number of hydrogen-bond donors (Lipinski definition) is 3. The molecule has 7 heteroatoms. The molecule has 4 N–H and O–H groups in total. The maximum Gasteiger partial charge on any atom is 0.316 e. The number of nitrogens with two attached hydrogens (primary N) is 1. The fraction of sp³-hybridized carbons (Fsp3) is 0.0476. The maximum absolute atomic E-state index is 12.7. The largest absolute Gasteiger partial charge is 0.488 e. The fourth-order valence-corrected chi connectivity index (χ4v) is 2.72. The summed E-state index contributed by atoms with van der Waals surface area (Å²) in [6.45, 7) is 0.247. The molecule has 3 aromatic carbocycles. The Balaban J connectivity index is 1.70. The number of para-hydroxylation sites is 1. The summed E-state index contributed by atoms with van der Waals surface area (Å²) in [6, 6.07) is 20.3. The van der Waals surface area contributed by atoms with Crippen molar-refractivity contribution >= 4 is 34.9 Å². The molecule has 0 fully saturated rings. The van der Waals surface area contributed by atoms with E-state index in [1.165, 1.54) is 0 Å². The number of benzene rings is 3. The van der Waals surface area contributed by atoms with E-state index in [-0.39, 0.29) is 12.5 Å². The first-order valence-corrected chi connectivity index (χ1v) is 8.84. The highest BCUT2D eigenvalue weighted by atomic mass is 35.5. The third-order valence-corrected chi connectivity index (χ3v) is 4.25. The quantitative estimate of drug-likeness (QED) is 0.566. The highest BCUT2D eigenvalue weighted by Crippen LogP contribution is 2.23. The van der Waals surface area contributed by atoms with Crippen LogP contribution in [0.15, 0.2) is 72.8 Å². The minimum Gasteiger partial charge on any atom is -0.488 e. The summed E-state index contributed by atoms with van der Waals surface area (Å²) in [5.74, 6) is 0.136. The number of anilines is 2. The van der Waals surface area contributed by atoms with Crippen LogP contribution in [0.4, 0.5) is 16.2 Å². The Bertz CT molecular complexity index is 990. The van der Waals surface area contributed by atoms with Gasteiger partial charge in [-0.1, -0.05) is 41.9 Å². The molecule has 0 aromatic heterocycles. The van der Waals surface area contributed by atoms with Crippen molar-refractivity contribution in [3.63, 3.8) is 0 Å². The van der Waals surface area contributed by atoms with E-state index in [0.29, 0.717) is 27.7 Å². The molecule has 3 rings (SSSR count). The predicted molar refractivity (Wildman–Crippen MR) is 110 cm³/mol. The topological polar surface area (TPSA) is 93.5 Å². The van der Waals surface area contributed by atoms with Crippen molar-refractivity contribution in [3.8, 4) is 5.75 Å². The average molecular weight is 396 g/mol. The number of nitrogens with one attached hydrogen (secondary N) is 2.